The lowest BCUT2D eigenvalue weighted by Crippen LogP contribution is -2.28. The van der Waals surface area contributed by atoms with Crippen LogP contribution in [-0.2, 0) is 5.41 Å². The van der Waals surface area contributed by atoms with Gasteiger partial charge < -0.3 is 10.1 Å². The Labute approximate surface area is 195 Å². The molecule has 1 heterocycles. The third kappa shape index (κ3) is 5.52. The molecule has 33 heavy (non-hydrogen) atoms. The molecule has 1 aliphatic carbocycles. The zero-order chi connectivity index (χ0) is 24.2. The first kappa shape index (κ1) is 24.3. The minimum Gasteiger partial charge on any atom is -0.496 e. The molecule has 0 radical (unpaired) electrons. The van der Waals surface area contributed by atoms with Crippen LogP contribution in [0.25, 0.3) is 11.3 Å². The Morgan fingerprint density at radius 3 is 2.52 bits per heavy atom. The largest absolute Gasteiger partial charge is 0.496 e. The number of aromatic amines is 1. The van der Waals surface area contributed by atoms with Gasteiger partial charge in [0.1, 0.15) is 5.75 Å². The first-order chi connectivity index (χ1) is 15.7. The minimum absolute atomic E-state index is 0.240. The van der Waals surface area contributed by atoms with Gasteiger partial charge in [0.2, 0.25) is 0 Å². The fraction of sp³-hybridized carbons (Fsp3) is 0.333. The van der Waals surface area contributed by atoms with Crippen LogP contribution in [-0.4, -0.2) is 30.3 Å². The number of likely N-dealkylation sites (N-methyl/N-ethyl adjacent to an activating group) is 1. The number of hydrogen-bond acceptors (Lipinski definition) is 4. The van der Waals surface area contributed by atoms with Crippen LogP contribution >= 0.6 is 0 Å². The van der Waals surface area contributed by atoms with Crippen molar-refractivity contribution in [1.82, 2.24) is 14.9 Å². The van der Waals surface area contributed by atoms with Gasteiger partial charge in [-0.25, -0.2) is 4.79 Å². The molecule has 1 aromatic carbocycles. The molecule has 0 atom stereocenters. The van der Waals surface area contributed by atoms with Crippen molar-refractivity contribution >= 4 is 5.57 Å². The van der Waals surface area contributed by atoms with Crippen molar-refractivity contribution in [2.24, 2.45) is 0 Å². The van der Waals surface area contributed by atoms with Crippen molar-refractivity contribution in [2.45, 2.75) is 39.0 Å². The molecule has 0 saturated heterocycles. The fourth-order valence-corrected chi connectivity index (χ4v) is 3.93. The van der Waals surface area contributed by atoms with E-state index < -0.39 is 11.2 Å². The summed E-state index contributed by atoms with van der Waals surface area (Å²) in [6.07, 6.45) is 11.7. The third-order valence-electron chi connectivity index (χ3n) is 5.66. The zero-order valence-corrected chi connectivity index (χ0v) is 20.1. The Kier molecular flexibility index (Phi) is 7.39. The summed E-state index contributed by atoms with van der Waals surface area (Å²) in [5.74, 6) is 0.771. The van der Waals surface area contributed by atoms with Crippen LogP contribution in [0, 0.1) is 0 Å². The van der Waals surface area contributed by atoms with E-state index in [2.05, 4.69) is 55.9 Å². The predicted molar refractivity (Wildman–Crippen MR) is 135 cm³/mol. The Hall–Kier alpha value is -3.38. The molecule has 6 heteroatoms. The summed E-state index contributed by atoms with van der Waals surface area (Å²) >= 11 is 0. The van der Waals surface area contributed by atoms with Crippen LogP contribution in [0.15, 0.2) is 76.0 Å². The van der Waals surface area contributed by atoms with Crippen LogP contribution in [0.3, 0.4) is 0 Å². The molecule has 2 N–H and O–H groups in total. The van der Waals surface area contributed by atoms with E-state index in [1.807, 2.05) is 25.3 Å². The van der Waals surface area contributed by atoms with E-state index in [0.29, 0.717) is 5.69 Å². The van der Waals surface area contributed by atoms with Crippen molar-refractivity contribution in [3.05, 3.63) is 98.4 Å². The first-order valence-electron chi connectivity index (χ1n) is 11.1. The van der Waals surface area contributed by atoms with E-state index in [4.69, 9.17) is 4.74 Å². The summed E-state index contributed by atoms with van der Waals surface area (Å²) in [6, 6.07) is 5.24. The molecule has 0 saturated carbocycles. The Bertz CT molecular complexity index is 1250. The molecular formula is C27H33N3O3. The van der Waals surface area contributed by atoms with E-state index in [9.17, 15) is 9.59 Å². The summed E-state index contributed by atoms with van der Waals surface area (Å²) in [7, 11) is 3.60. The molecule has 0 aliphatic heterocycles. The van der Waals surface area contributed by atoms with E-state index >= 15 is 0 Å². The number of ether oxygens (including phenoxy) is 1. The standard InChI is InChI=1S/C27H33N3O3/c1-18-11-12-19(9-7-8-10-20(18)17-28-5)22-15-21(30-14-13-24(31)29-26(30)32)16-23(25(22)33-6)27(2,3)4/h9-16,28H,1,7-8,17H2,2-6H3,(H,29,31,32)/b12-11-,19-9+,20-10-. The van der Waals surface area contributed by atoms with Crippen LogP contribution in [0.5, 0.6) is 5.75 Å². The van der Waals surface area contributed by atoms with Crippen molar-refractivity contribution in [1.29, 1.82) is 0 Å². The van der Waals surface area contributed by atoms with E-state index in [0.717, 1.165) is 47.4 Å². The number of nitrogens with zero attached hydrogens (tertiary/aromatic N) is 1. The summed E-state index contributed by atoms with van der Waals surface area (Å²) in [6.45, 7) is 11.3. The quantitative estimate of drug-likeness (QED) is 0.718. The SMILES string of the molecule is C=C1/C=C\C(c2cc(-n3ccc(=O)[nH]c3=O)cc(C(C)(C)C)c2OC)=C/CC/C=C\1CNC. The van der Waals surface area contributed by atoms with E-state index in [1.165, 1.54) is 22.4 Å². The molecule has 174 valence electrons. The van der Waals surface area contributed by atoms with Gasteiger partial charge in [-0.3, -0.25) is 14.3 Å². The topological polar surface area (TPSA) is 76.1 Å². The highest BCUT2D eigenvalue weighted by Crippen LogP contribution is 2.40. The first-order valence-corrected chi connectivity index (χ1v) is 11.1. The molecule has 3 rings (SSSR count). The maximum Gasteiger partial charge on any atom is 0.332 e. The Morgan fingerprint density at radius 2 is 1.88 bits per heavy atom. The van der Waals surface area contributed by atoms with E-state index in [-0.39, 0.29) is 5.41 Å². The number of H-pyrrole nitrogens is 1. The van der Waals surface area contributed by atoms with Gasteiger partial charge in [-0.05, 0) is 54.2 Å². The summed E-state index contributed by atoms with van der Waals surface area (Å²) in [5.41, 5.74) is 4.51. The fourth-order valence-electron chi connectivity index (χ4n) is 3.93. The third-order valence-corrected chi connectivity index (χ3v) is 5.66. The summed E-state index contributed by atoms with van der Waals surface area (Å²) < 4.78 is 7.37. The number of methoxy groups -OCH3 is 1. The van der Waals surface area contributed by atoms with Crippen molar-refractivity contribution < 1.29 is 4.74 Å². The number of nitrogens with one attached hydrogen (secondary N) is 2. The Balaban J connectivity index is 2.23. The molecule has 0 amide bonds. The molecule has 0 spiro atoms. The zero-order valence-electron chi connectivity index (χ0n) is 20.1. The van der Waals surface area contributed by atoms with Crippen molar-refractivity contribution in [2.75, 3.05) is 20.7 Å². The lowest BCUT2D eigenvalue weighted by Gasteiger charge is -2.26. The van der Waals surface area contributed by atoms with Crippen LogP contribution in [0.4, 0.5) is 0 Å². The van der Waals surface area contributed by atoms with Gasteiger partial charge >= 0.3 is 5.69 Å². The van der Waals surface area contributed by atoms with Crippen molar-refractivity contribution in [3.8, 4) is 11.4 Å². The molecule has 0 unspecified atom stereocenters. The highest BCUT2D eigenvalue weighted by atomic mass is 16.5. The van der Waals surface area contributed by atoms with Crippen LogP contribution in [0.2, 0.25) is 0 Å². The van der Waals surface area contributed by atoms with Gasteiger partial charge in [0.25, 0.3) is 5.56 Å². The lowest BCUT2D eigenvalue weighted by atomic mass is 9.83. The van der Waals surface area contributed by atoms with Gasteiger partial charge in [0, 0.05) is 29.9 Å². The average Bonchev–Trinajstić information content (AvgIpc) is 2.84. The molecule has 1 aliphatic rings. The van der Waals surface area contributed by atoms with Gasteiger partial charge in [-0.2, -0.15) is 0 Å². The average molecular weight is 448 g/mol. The van der Waals surface area contributed by atoms with Gasteiger partial charge in [0.15, 0.2) is 0 Å². The van der Waals surface area contributed by atoms with Gasteiger partial charge in [0.05, 0.1) is 12.8 Å². The van der Waals surface area contributed by atoms with Crippen LogP contribution in [0.1, 0.15) is 44.7 Å². The van der Waals surface area contributed by atoms with Crippen LogP contribution < -0.4 is 21.3 Å². The second-order valence-corrected chi connectivity index (χ2v) is 9.16. The molecule has 6 nitrogen and oxygen atoms in total. The van der Waals surface area contributed by atoms with Crippen molar-refractivity contribution in [3.63, 3.8) is 0 Å². The molecule has 2 aromatic rings. The molecule has 0 fully saturated rings. The monoisotopic (exact) mass is 447 g/mol. The lowest BCUT2D eigenvalue weighted by molar-refractivity contribution is 0.396. The predicted octanol–water partition coefficient (Wildman–Crippen LogP) is 4.27. The molecular weight excluding hydrogens is 414 g/mol. The highest BCUT2D eigenvalue weighted by Gasteiger charge is 2.24. The van der Waals surface area contributed by atoms with Gasteiger partial charge in [-0.15, -0.1) is 0 Å². The number of rotatable bonds is 5. The summed E-state index contributed by atoms with van der Waals surface area (Å²) in [5, 5.41) is 3.20. The maximum atomic E-state index is 12.6. The maximum absolute atomic E-state index is 12.6. The second-order valence-electron chi connectivity index (χ2n) is 9.16. The minimum atomic E-state index is -0.480. The normalized spacial score (nSPS) is 18.9. The number of aromatic nitrogens is 2. The van der Waals surface area contributed by atoms with E-state index in [1.54, 1.807) is 7.11 Å². The number of allylic oxidation sites excluding steroid dienone is 5. The summed E-state index contributed by atoms with van der Waals surface area (Å²) in [4.78, 5) is 26.5. The number of benzene rings is 1. The number of hydrogen-bond donors (Lipinski definition) is 2. The smallest absolute Gasteiger partial charge is 0.332 e. The second kappa shape index (κ2) is 10.0. The molecule has 0 bridgehead atoms. The highest BCUT2D eigenvalue weighted by molar-refractivity contribution is 5.81. The van der Waals surface area contributed by atoms with Gasteiger partial charge in [-0.1, -0.05) is 51.7 Å². The molecule has 1 aromatic heterocycles. The Morgan fingerprint density at radius 1 is 1.15 bits per heavy atom.